The van der Waals surface area contributed by atoms with Crippen molar-refractivity contribution in [1.82, 2.24) is 9.88 Å². The molecular weight excluding hydrogens is 282 g/mol. The zero-order valence-electron chi connectivity index (χ0n) is 9.40. The van der Waals surface area contributed by atoms with Crippen molar-refractivity contribution in [3.8, 4) is 0 Å². The molecular formula is C12H14BrN3O. The van der Waals surface area contributed by atoms with Gasteiger partial charge in [-0.15, -0.1) is 0 Å². The second kappa shape index (κ2) is 3.98. The summed E-state index contributed by atoms with van der Waals surface area (Å²) in [5.41, 5.74) is 6.30. The predicted octanol–water partition coefficient (Wildman–Crippen LogP) is 2.05. The maximum Gasteiger partial charge on any atom is 0.257 e. The fourth-order valence-corrected chi connectivity index (χ4v) is 3.28. The van der Waals surface area contributed by atoms with Gasteiger partial charge in [0.15, 0.2) is 0 Å². The first-order chi connectivity index (χ1) is 8.15. The molecule has 2 unspecified atom stereocenters. The first kappa shape index (κ1) is 11.0. The molecule has 1 amide bonds. The number of carbonyl (C=O) groups excluding carboxylic acids is 1. The van der Waals surface area contributed by atoms with E-state index < -0.39 is 0 Å². The molecule has 5 heteroatoms. The molecule has 4 nitrogen and oxygen atoms in total. The van der Waals surface area contributed by atoms with Crippen LogP contribution in [-0.2, 0) is 0 Å². The summed E-state index contributed by atoms with van der Waals surface area (Å²) in [5.74, 6) is 1.05. The van der Waals surface area contributed by atoms with Gasteiger partial charge in [-0.1, -0.05) is 0 Å². The van der Waals surface area contributed by atoms with Gasteiger partial charge in [0, 0.05) is 23.3 Å². The smallest absolute Gasteiger partial charge is 0.257 e. The lowest BCUT2D eigenvalue weighted by molar-refractivity contribution is 0.0704. The SMILES string of the molecule is Nc1ncc(Br)cc1C(=O)N1CC2CCC1C2. The predicted molar refractivity (Wildman–Crippen MR) is 68.5 cm³/mol. The summed E-state index contributed by atoms with van der Waals surface area (Å²) in [6.45, 7) is 0.884. The van der Waals surface area contributed by atoms with Crippen molar-refractivity contribution in [3.63, 3.8) is 0 Å². The molecule has 1 aliphatic heterocycles. The molecule has 1 saturated carbocycles. The van der Waals surface area contributed by atoms with Gasteiger partial charge in [-0.05, 0) is 47.2 Å². The van der Waals surface area contributed by atoms with Crippen molar-refractivity contribution in [2.24, 2.45) is 5.92 Å². The molecule has 0 radical (unpaired) electrons. The number of amides is 1. The molecule has 1 aliphatic carbocycles. The van der Waals surface area contributed by atoms with Crippen LogP contribution in [0.4, 0.5) is 5.82 Å². The van der Waals surface area contributed by atoms with Gasteiger partial charge in [-0.25, -0.2) is 4.98 Å². The fourth-order valence-electron chi connectivity index (χ4n) is 2.95. The number of carbonyl (C=O) groups is 1. The first-order valence-corrected chi connectivity index (χ1v) is 6.66. The van der Waals surface area contributed by atoms with Gasteiger partial charge < -0.3 is 10.6 Å². The van der Waals surface area contributed by atoms with Crippen molar-refractivity contribution in [3.05, 3.63) is 22.3 Å². The molecule has 2 bridgehead atoms. The van der Waals surface area contributed by atoms with Crippen molar-refractivity contribution < 1.29 is 4.79 Å². The Morgan fingerprint density at radius 1 is 1.53 bits per heavy atom. The van der Waals surface area contributed by atoms with Crippen LogP contribution in [0, 0.1) is 5.92 Å². The van der Waals surface area contributed by atoms with E-state index in [2.05, 4.69) is 20.9 Å². The van der Waals surface area contributed by atoms with Crippen LogP contribution in [0.1, 0.15) is 29.6 Å². The molecule has 2 atom stereocenters. The topological polar surface area (TPSA) is 59.2 Å². The molecule has 0 spiro atoms. The minimum atomic E-state index is 0.0310. The van der Waals surface area contributed by atoms with E-state index in [1.165, 1.54) is 6.42 Å². The number of nitrogens with two attached hydrogens (primary N) is 1. The molecule has 2 aliphatic rings. The summed E-state index contributed by atoms with van der Waals surface area (Å²) in [6, 6.07) is 2.18. The molecule has 0 aromatic carbocycles. The quantitative estimate of drug-likeness (QED) is 0.863. The number of pyridine rings is 1. The highest BCUT2D eigenvalue weighted by molar-refractivity contribution is 9.10. The second-order valence-corrected chi connectivity index (χ2v) is 5.79. The van der Waals surface area contributed by atoms with Gasteiger partial charge in [0.2, 0.25) is 0 Å². The summed E-state index contributed by atoms with van der Waals surface area (Å²) in [7, 11) is 0. The molecule has 2 fully saturated rings. The summed E-state index contributed by atoms with van der Waals surface area (Å²) in [6.07, 6.45) is 5.17. The van der Waals surface area contributed by atoms with Crippen LogP contribution in [0.25, 0.3) is 0 Å². The Kier molecular flexibility index (Phi) is 2.58. The maximum atomic E-state index is 12.4. The van der Waals surface area contributed by atoms with E-state index >= 15 is 0 Å². The Labute approximate surface area is 108 Å². The van der Waals surface area contributed by atoms with E-state index in [0.29, 0.717) is 23.3 Å². The molecule has 1 aromatic heterocycles. The van der Waals surface area contributed by atoms with Crippen molar-refractivity contribution in [1.29, 1.82) is 0 Å². The van der Waals surface area contributed by atoms with Crippen molar-refractivity contribution in [2.45, 2.75) is 25.3 Å². The van der Waals surface area contributed by atoms with Crippen molar-refractivity contribution in [2.75, 3.05) is 12.3 Å². The third-order valence-corrected chi connectivity index (χ3v) is 4.22. The summed E-state index contributed by atoms with van der Waals surface area (Å²) >= 11 is 3.33. The average molecular weight is 296 g/mol. The molecule has 17 heavy (non-hydrogen) atoms. The number of hydrogen-bond acceptors (Lipinski definition) is 3. The van der Waals surface area contributed by atoms with Crippen LogP contribution in [0.3, 0.4) is 0 Å². The number of nitrogen functional groups attached to an aromatic ring is 1. The van der Waals surface area contributed by atoms with E-state index in [0.717, 1.165) is 23.9 Å². The Morgan fingerprint density at radius 2 is 2.35 bits per heavy atom. The van der Waals surface area contributed by atoms with Gasteiger partial charge in [-0.2, -0.15) is 0 Å². The van der Waals surface area contributed by atoms with E-state index in [9.17, 15) is 4.79 Å². The monoisotopic (exact) mass is 295 g/mol. The molecule has 90 valence electrons. The number of fused-ring (bicyclic) bond motifs is 2. The average Bonchev–Trinajstić information content (AvgIpc) is 2.93. The van der Waals surface area contributed by atoms with Gasteiger partial charge in [-0.3, -0.25) is 4.79 Å². The van der Waals surface area contributed by atoms with Crippen LogP contribution in [0.15, 0.2) is 16.7 Å². The number of piperidine rings is 1. The van der Waals surface area contributed by atoms with Crippen LogP contribution >= 0.6 is 15.9 Å². The zero-order valence-corrected chi connectivity index (χ0v) is 11.0. The van der Waals surface area contributed by atoms with Crippen LogP contribution < -0.4 is 5.73 Å². The van der Waals surface area contributed by atoms with E-state index in [1.807, 2.05) is 4.90 Å². The fraction of sp³-hybridized carbons (Fsp3) is 0.500. The Bertz CT molecular complexity index is 477. The van der Waals surface area contributed by atoms with Gasteiger partial charge >= 0.3 is 0 Å². The van der Waals surface area contributed by atoms with E-state index in [4.69, 9.17) is 5.73 Å². The van der Waals surface area contributed by atoms with E-state index in [-0.39, 0.29) is 5.91 Å². The summed E-state index contributed by atoms with van der Waals surface area (Å²) < 4.78 is 0.791. The van der Waals surface area contributed by atoms with Gasteiger partial charge in [0.1, 0.15) is 5.82 Å². The number of anilines is 1. The number of halogens is 1. The number of aromatic nitrogens is 1. The van der Waals surface area contributed by atoms with Crippen LogP contribution in [0.2, 0.25) is 0 Å². The number of nitrogens with zero attached hydrogens (tertiary/aromatic N) is 2. The van der Waals surface area contributed by atoms with Crippen LogP contribution in [-0.4, -0.2) is 28.4 Å². The first-order valence-electron chi connectivity index (χ1n) is 5.87. The highest BCUT2D eigenvalue weighted by Crippen LogP contribution is 2.38. The molecule has 1 aromatic rings. The number of likely N-dealkylation sites (tertiary alicyclic amines) is 1. The largest absolute Gasteiger partial charge is 0.383 e. The third kappa shape index (κ3) is 1.82. The lowest BCUT2D eigenvalue weighted by atomic mass is 10.1. The normalized spacial score (nSPS) is 26.5. The maximum absolute atomic E-state index is 12.4. The molecule has 1 saturated heterocycles. The van der Waals surface area contributed by atoms with E-state index in [1.54, 1.807) is 12.3 Å². The molecule has 2 heterocycles. The summed E-state index contributed by atoms with van der Waals surface area (Å²) in [5, 5.41) is 0. The molecule has 2 N–H and O–H groups in total. The highest BCUT2D eigenvalue weighted by atomic mass is 79.9. The Morgan fingerprint density at radius 3 is 3.00 bits per heavy atom. The van der Waals surface area contributed by atoms with Gasteiger partial charge in [0.05, 0.1) is 5.56 Å². The molecule has 3 rings (SSSR count). The lowest BCUT2D eigenvalue weighted by Gasteiger charge is -2.27. The highest BCUT2D eigenvalue weighted by Gasteiger charge is 2.40. The third-order valence-electron chi connectivity index (χ3n) is 3.79. The van der Waals surface area contributed by atoms with Crippen molar-refractivity contribution >= 4 is 27.7 Å². The number of rotatable bonds is 1. The Hall–Kier alpha value is -1.10. The summed E-state index contributed by atoms with van der Waals surface area (Å²) in [4.78, 5) is 18.4. The number of hydrogen-bond donors (Lipinski definition) is 1. The second-order valence-electron chi connectivity index (χ2n) is 4.88. The Balaban J connectivity index is 1.89. The van der Waals surface area contributed by atoms with Gasteiger partial charge in [0.25, 0.3) is 5.91 Å². The van der Waals surface area contributed by atoms with Crippen LogP contribution in [0.5, 0.6) is 0 Å². The zero-order chi connectivity index (χ0) is 12.0. The minimum absolute atomic E-state index is 0.0310. The lowest BCUT2D eigenvalue weighted by Crippen LogP contribution is -2.38. The minimum Gasteiger partial charge on any atom is -0.383 e. The standard InChI is InChI=1S/C12H14BrN3O/c13-8-4-10(11(14)15-5-8)12(17)16-6-7-1-2-9(16)3-7/h4-5,7,9H,1-3,6H2,(H2,14,15).